The van der Waals surface area contributed by atoms with Crippen molar-refractivity contribution in [3.63, 3.8) is 0 Å². The van der Waals surface area contributed by atoms with Gasteiger partial charge in [0.1, 0.15) is 5.75 Å². The Bertz CT molecular complexity index is 954. The van der Waals surface area contributed by atoms with Gasteiger partial charge in [-0.25, -0.2) is 4.68 Å². The molecule has 0 saturated heterocycles. The summed E-state index contributed by atoms with van der Waals surface area (Å²) in [4.78, 5) is 11.2. The summed E-state index contributed by atoms with van der Waals surface area (Å²) in [5.74, 6) is -0.197. The van der Waals surface area contributed by atoms with Crippen molar-refractivity contribution in [3.05, 3.63) is 77.1 Å². The molecule has 1 saturated carbocycles. The van der Waals surface area contributed by atoms with Gasteiger partial charge in [-0.2, -0.15) is 0 Å². The van der Waals surface area contributed by atoms with Crippen LogP contribution in [0.15, 0.2) is 54.7 Å². The molecule has 0 spiro atoms. The molecule has 1 amide bonds. The summed E-state index contributed by atoms with van der Waals surface area (Å²) in [5, 5.41) is 21.7. The predicted octanol–water partition coefficient (Wildman–Crippen LogP) is 1.78. The van der Waals surface area contributed by atoms with Gasteiger partial charge in [-0.05, 0) is 29.7 Å². The standard InChI is InChI=1S/C20H21N5O2/c21-20(27)16-7-6-13(8-19(16)26)11-25-12-15(23-24-25)10-22-18-9-17(18)14-4-2-1-3-5-14/h1-8,12,17-18,22,26H,9-11H2,(H2,21,27). The minimum atomic E-state index is -0.651. The van der Waals surface area contributed by atoms with Crippen LogP contribution < -0.4 is 11.1 Å². The Labute approximate surface area is 156 Å². The average Bonchev–Trinajstić information content (AvgIpc) is 3.31. The van der Waals surface area contributed by atoms with Crippen molar-refractivity contribution in [1.29, 1.82) is 0 Å². The first-order chi connectivity index (χ1) is 13.1. The molecule has 1 aromatic heterocycles. The van der Waals surface area contributed by atoms with E-state index in [9.17, 15) is 9.90 Å². The molecule has 7 heteroatoms. The van der Waals surface area contributed by atoms with Crippen LogP contribution in [-0.4, -0.2) is 32.0 Å². The SMILES string of the molecule is NC(=O)c1ccc(Cn2cc(CNC3CC3c3ccccc3)nn2)cc1O. The maximum atomic E-state index is 11.2. The number of phenols is 1. The number of aromatic nitrogens is 3. The molecule has 0 aliphatic heterocycles. The lowest BCUT2D eigenvalue weighted by Crippen LogP contribution is -2.17. The fourth-order valence-electron chi connectivity index (χ4n) is 3.29. The minimum absolute atomic E-state index is 0.111. The second kappa shape index (κ2) is 7.20. The van der Waals surface area contributed by atoms with Gasteiger partial charge in [-0.15, -0.1) is 5.10 Å². The molecule has 4 rings (SSSR count). The summed E-state index contributed by atoms with van der Waals surface area (Å²) in [6, 6.07) is 15.8. The highest BCUT2D eigenvalue weighted by atomic mass is 16.3. The molecular weight excluding hydrogens is 342 g/mol. The third kappa shape index (κ3) is 3.98. The minimum Gasteiger partial charge on any atom is -0.507 e. The number of nitrogens with two attached hydrogens (primary N) is 1. The number of nitrogens with zero attached hydrogens (tertiary/aromatic N) is 3. The van der Waals surface area contributed by atoms with Crippen LogP contribution in [0.4, 0.5) is 0 Å². The van der Waals surface area contributed by atoms with E-state index in [1.165, 1.54) is 17.7 Å². The summed E-state index contributed by atoms with van der Waals surface area (Å²) < 4.78 is 1.71. The molecule has 3 aromatic rings. The van der Waals surface area contributed by atoms with E-state index in [4.69, 9.17) is 5.73 Å². The molecule has 7 nitrogen and oxygen atoms in total. The number of carbonyl (C=O) groups is 1. The smallest absolute Gasteiger partial charge is 0.252 e. The molecule has 1 aliphatic carbocycles. The Morgan fingerprint density at radius 2 is 2.07 bits per heavy atom. The van der Waals surface area contributed by atoms with Crippen molar-refractivity contribution in [2.24, 2.45) is 5.73 Å². The van der Waals surface area contributed by atoms with E-state index in [2.05, 4.69) is 39.9 Å². The zero-order valence-corrected chi connectivity index (χ0v) is 14.7. The summed E-state index contributed by atoms with van der Waals surface area (Å²) in [5.41, 5.74) is 8.36. The topological polar surface area (TPSA) is 106 Å². The van der Waals surface area contributed by atoms with Crippen molar-refractivity contribution in [3.8, 4) is 5.75 Å². The number of aromatic hydroxyl groups is 1. The Balaban J connectivity index is 1.32. The lowest BCUT2D eigenvalue weighted by atomic mass is 10.1. The summed E-state index contributed by atoms with van der Waals surface area (Å²) in [6.45, 7) is 1.12. The Morgan fingerprint density at radius 1 is 1.26 bits per heavy atom. The van der Waals surface area contributed by atoms with Crippen LogP contribution in [0.2, 0.25) is 0 Å². The van der Waals surface area contributed by atoms with Gasteiger partial charge in [0, 0.05) is 18.5 Å². The lowest BCUT2D eigenvalue weighted by molar-refractivity contribution is 0.0997. The Morgan fingerprint density at radius 3 is 2.81 bits per heavy atom. The van der Waals surface area contributed by atoms with Crippen molar-refractivity contribution in [1.82, 2.24) is 20.3 Å². The molecule has 4 N–H and O–H groups in total. The highest BCUT2D eigenvalue weighted by Crippen LogP contribution is 2.40. The van der Waals surface area contributed by atoms with Crippen LogP contribution in [0.1, 0.15) is 39.5 Å². The lowest BCUT2D eigenvalue weighted by Gasteiger charge is -2.05. The van der Waals surface area contributed by atoms with Crippen LogP contribution in [0.5, 0.6) is 5.75 Å². The number of primary amides is 1. The van der Waals surface area contributed by atoms with E-state index in [1.807, 2.05) is 12.3 Å². The zero-order valence-electron chi connectivity index (χ0n) is 14.7. The quantitative estimate of drug-likeness (QED) is 0.593. The molecular formula is C20H21N5O2. The molecule has 2 atom stereocenters. The first kappa shape index (κ1) is 17.2. The Kier molecular flexibility index (Phi) is 4.60. The first-order valence-corrected chi connectivity index (χ1v) is 8.89. The Hall–Kier alpha value is -3.19. The molecule has 2 unspecified atom stereocenters. The largest absolute Gasteiger partial charge is 0.507 e. The summed E-state index contributed by atoms with van der Waals surface area (Å²) >= 11 is 0. The van der Waals surface area contributed by atoms with Crippen molar-refractivity contribution >= 4 is 5.91 Å². The molecule has 1 heterocycles. The number of hydrogen-bond donors (Lipinski definition) is 3. The summed E-state index contributed by atoms with van der Waals surface area (Å²) in [7, 11) is 0. The maximum Gasteiger partial charge on any atom is 0.252 e. The monoisotopic (exact) mass is 363 g/mol. The number of rotatable bonds is 7. The maximum absolute atomic E-state index is 11.2. The van der Waals surface area contributed by atoms with Gasteiger partial charge in [0.25, 0.3) is 5.91 Å². The van der Waals surface area contributed by atoms with E-state index in [0.29, 0.717) is 25.0 Å². The normalized spacial score (nSPS) is 18.4. The van der Waals surface area contributed by atoms with Crippen LogP contribution in [0, 0.1) is 0 Å². The third-order valence-electron chi connectivity index (χ3n) is 4.82. The second-order valence-corrected chi connectivity index (χ2v) is 6.86. The first-order valence-electron chi connectivity index (χ1n) is 8.89. The highest BCUT2D eigenvalue weighted by Gasteiger charge is 2.37. The third-order valence-corrected chi connectivity index (χ3v) is 4.82. The van der Waals surface area contributed by atoms with Gasteiger partial charge in [0.15, 0.2) is 0 Å². The number of hydrogen-bond acceptors (Lipinski definition) is 5. The number of amides is 1. The van der Waals surface area contributed by atoms with Gasteiger partial charge in [-0.1, -0.05) is 41.6 Å². The average molecular weight is 363 g/mol. The summed E-state index contributed by atoms with van der Waals surface area (Å²) in [6.07, 6.45) is 3.02. The van der Waals surface area contributed by atoms with Gasteiger partial charge >= 0.3 is 0 Å². The van der Waals surface area contributed by atoms with Gasteiger partial charge < -0.3 is 16.2 Å². The van der Waals surface area contributed by atoms with Crippen molar-refractivity contribution in [2.45, 2.75) is 31.5 Å². The number of benzene rings is 2. The van der Waals surface area contributed by atoms with E-state index in [1.54, 1.807) is 10.7 Å². The molecule has 1 aliphatic rings. The molecule has 27 heavy (non-hydrogen) atoms. The highest BCUT2D eigenvalue weighted by molar-refractivity contribution is 5.95. The van der Waals surface area contributed by atoms with Crippen LogP contribution in [0.3, 0.4) is 0 Å². The number of carbonyl (C=O) groups excluding carboxylic acids is 1. The molecule has 2 aromatic carbocycles. The zero-order chi connectivity index (χ0) is 18.8. The number of nitrogens with one attached hydrogen (secondary N) is 1. The molecule has 1 fully saturated rings. The van der Waals surface area contributed by atoms with E-state index >= 15 is 0 Å². The molecule has 138 valence electrons. The van der Waals surface area contributed by atoms with Gasteiger partial charge in [0.05, 0.1) is 24.0 Å². The van der Waals surface area contributed by atoms with Crippen LogP contribution in [-0.2, 0) is 13.1 Å². The van der Waals surface area contributed by atoms with Crippen molar-refractivity contribution < 1.29 is 9.90 Å². The van der Waals surface area contributed by atoms with E-state index < -0.39 is 5.91 Å². The van der Waals surface area contributed by atoms with Crippen LogP contribution >= 0.6 is 0 Å². The van der Waals surface area contributed by atoms with Crippen LogP contribution in [0.25, 0.3) is 0 Å². The van der Waals surface area contributed by atoms with E-state index in [-0.39, 0.29) is 11.3 Å². The second-order valence-electron chi connectivity index (χ2n) is 6.86. The fourth-order valence-corrected chi connectivity index (χ4v) is 3.29. The van der Waals surface area contributed by atoms with Gasteiger partial charge in [-0.3, -0.25) is 4.79 Å². The van der Waals surface area contributed by atoms with Crippen molar-refractivity contribution in [2.75, 3.05) is 0 Å². The van der Waals surface area contributed by atoms with Gasteiger partial charge in [0.2, 0.25) is 0 Å². The molecule has 0 radical (unpaired) electrons. The predicted molar refractivity (Wildman–Crippen MR) is 100 cm³/mol. The fraction of sp³-hybridized carbons (Fsp3) is 0.250. The van der Waals surface area contributed by atoms with E-state index in [0.717, 1.165) is 17.7 Å². The molecule has 0 bridgehead atoms.